The number of terminal acetylenes is 1. The van der Waals surface area contributed by atoms with Gasteiger partial charge in [-0.15, -0.1) is 6.42 Å². The first-order valence-electron chi connectivity index (χ1n) is 13.5. The number of ether oxygens (including phenoxy) is 2. The predicted octanol–water partition coefficient (Wildman–Crippen LogP) is 3.23. The Hall–Kier alpha value is -2.85. The number of phenols is 1. The second-order valence-electron chi connectivity index (χ2n) is 11.7. The van der Waals surface area contributed by atoms with Gasteiger partial charge in [0, 0.05) is 68.2 Å². The number of likely N-dealkylation sites (tertiary alicyclic amines) is 1. The molecule has 2 aromatic carbocycles. The lowest BCUT2D eigenvalue weighted by Gasteiger charge is -2.82. The molecule has 2 heterocycles. The zero-order chi connectivity index (χ0) is 25.6. The topological polar surface area (TPSA) is 62.2 Å². The number of amides is 1. The molecule has 7 unspecified atom stereocenters. The van der Waals surface area contributed by atoms with Gasteiger partial charge in [-0.05, 0) is 61.1 Å². The van der Waals surface area contributed by atoms with Gasteiger partial charge >= 0.3 is 0 Å². The maximum absolute atomic E-state index is 13.6. The number of rotatable bonds is 6. The van der Waals surface area contributed by atoms with Crippen LogP contribution < -0.4 is 0 Å². The maximum atomic E-state index is 13.6. The lowest BCUT2D eigenvalue weighted by atomic mass is 9.29. The third-order valence-corrected chi connectivity index (χ3v) is 10.5. The van der Waals surface area contributed by atoms with E-state index in [2.05, 4.69) is 16.9 Å². The van der Waals surface area contributed by atoms with Crippen LogP contribution in [0, 0.1) is 23.7 Å². The van der Waals surface area contributed by atoms with E-state index in [-0.39, 0.29) is 40.6 Å². The second kappa shape index (κ2) is 7.83. The zero-order valence-electron chi connectivity index (χ0n) is 21.5. The van der Waals surface area contributed by atoms with Crippen LogP contribution in [0.1, 0.15) is 40.7 Å². The van der Waals surface area contributed by atoms with Gasteiger partial charge in [0.05, 0.1) is 5.60 Å². The molecule has 6 heteroatoms. The molecule has 4 fully saturated rings. The Labute approximate surface area is 218 Å². The van der Waals surface area contributed by atoms with Crippen molar-refractivity contribution in [3.63, 3.8) is 0 Å². The number of nitrogens with zero attached hydrogens (tertiary/aromatic N) is 2. The summed E-state index contributed by atoms with van der Waals surface area (Å²) in [5, 5.41) is 10.6. The highest BCUT2D eigenvalue weighted by Gasteiger charge is 2.94. The molecular weight excluding hydrogens is 464 g/mol. The van der Waals surface area contributed by atoms with Gasteiger partial charge in [0.2, 0.25) is 0 Å². The van der Waals surface area contributed by atoms with E-state index >= 15 is 0 Å². The van der Waals surface area contributed by atoms with E-state index in [1.807, 2.05) is 48.3 Å². The van der Waals surface area contributed by atoms with Crippen molar-refractivity contribution in [2.75, 3.05) is 33.9 Å². The Morgan fingerprint density at radius 3 is 2.86 bits per heavy atom. The Kier molecular flexibility index (Phi) is 4.93. The summed E-state index contributed by atoms with van der Waals surface area (Å²) in [5.74, 6) is 3.30. The number of aromatic hydroxyl groups is 1. The minimum absolute atomic E-state index is 0.0156. The van der Waals surface area contributed by atoms with Gasteiger partial charge in [-0.1, -0.05) is 30.2 Å². The molecule has 7 atom stereocenters. The summed E-state index contributed by atoms with van der Waals surface area (Å²) >= 11 is 0. The van der Waals surface area contributed by atoms with Gasteiger partial charge in [0.15, 0.2) is 0 Å². The molecule has 37 heavy (non-hydrogen) atoms. The Balaban J connectivity index is 1.34. The average Bonchev–Trinajstić information content (AvgIpc) is 3.23. The molecule has 1 N–H and O–H groups in total. The van der Waals surface area contributed by atoms with Gasteiger partial charge in [-0.2, -0.15) is 0 Å². The molecule has 192 valence electrons. The van der Waals surface area contributed by atoms with Gasteiger partial charge < -0.3 is 19.5 Å². The number of fused-ring (bicyclic) bond motifs is 1. The predicted molar refractivity (Wildman–Crippen MR) is 139 cm³/mol. The molecule has 1 amide bonds. The van der Waals surface area contributed by atoms with Crippen molar-refractivity contribution >= 4 is 5.91 Å². The summed E-state index contributed by atoms with van der Waals surface area (Å²) in [7, 11) is 3.68. The van der Waals surface area contributed by atoms with Crippen LogP contribution in [0.25, 0.3) is 0 Å². The number of hydrogen-bond acceptors (Lipinski definition) is 5. The second-order valence-corrected chi connectivity index (χ2v) is 11.7. The smallest absolute Gasteiger partial charge is 0.253 e. The van der Waals surface area contributed by atoms with Crippen LogP contribution in [0.2, 0.25) is 0 Å². The lowest BCUT2D eigenvalue weighted by Crippen LogP contribution is -2.94. The third-order valence-electron chi connectivity index (χ3n) is 10.5. The summed E-state index contributed by atoms with van der Waals surface area (Å²) in [6, 6.07) is 15.6. The number of carbonyl (C=O) groups is 1. The number of benzene rings is 2. The normalized spacial score (nSPS) is 38.3. The highest BCUT2D eigenvalue weighted by molar-refractivity contribution is 5.94. The molecule has 0 aromatic heterocycles. The zero-order valence-corrected chi connectivity index (χ0v) is 21.5. The van der Waals surface area contributed by atoms with Gasteiger partial charge in [0.25, 0.3) is 5.91 Å². The largest absolute Gasteiger partial charge is 0.508 e. The van der Waals surface area contributed by atoms with E-state index in [9.17, 15) is 9.90 Å². The minimum atomic E-state index is -0.397. The van der Waals surface area contributed by atoms with Gasteiger partial charge in [-0.3, -0.25) is 9.69 Å². The summed E-state index contributed by atoms with van der Waals surface area (Å²) in [6.07, 6.45) is 9.48. The van der Waals surface area contributed by atoms with Crippen LogP contribution >= 0.6 is 0 Å². The Morgan fingerprint density at radius 1 is 1.30 bits per heavy atom. The molecular formula is C31H34N2O4. The quantitative estimate of drug-likeness (QED) is 0.490. The van der Waals surface area contributed by atoms with Crippen molar-refractivity contribution in [3.05, 3.63) is 65.2 Å². The van der Waals surface area contributed by atoms with Crippen LogP contribution in [0.5, 0.6) is 5.75 Å². The molecule has 0 radical (unpaired) electrons. The molecule has 2 bridgehead atoms. The molecule has 2 saturated carbocycles. The number of piperidine rings is 1. The van der Waals surface area contributed by atoms with Crippen molar-refractivity contribution < 1.29 is 19.4 Å². The average molecular weight is 499 g/mol. The number of carbonyl (C=O) groups excluding carboxylic acids is 1. The standard InChI is InChI=1S/C31H34N2O4/c1-4-25-26-24(32(2)27(35)20-9-6-5-7-10-20)13-14-30(37-25)28-29(19-33(28)15-8-16-36-3)18-21-11-12-22(34)17-23(21)31(26,29)30/h1,5-7,9-12,17,24-26,28,34H,8,13-16,18-19H2,2-3H3. The van der Waals surface area contributed by atoms with Crippen LogP contribution in [0.15, 0.2) is 48.5 Å². The SMILES string of the molecule is C#CC1OC23CCC(N(C)C(=O)c4ccccc4)C1C21c2cc(O)ccc2CC12CN(CCCOC)C23. The number of phenolic OH excluding ortho intramolecular Hbond substituents is 1. The van der Waals surface area contributed by atoms with Crippen molar-refractivity contribution in [2.24, 2.45) is 11.3 Å². The van der Waals surface area contributed by atoms with E-state index < -0.39 is 5.60 Å². The van der Waals surface area contributed by atoms with Crippen molar-refractivity contribution in [2.45, 2.75) is 54.9 Å². The minimum Gasteiger partial charge on any atom is -0.508 e. The first-order chi connectivity index (χ1) is 17.9. The fourth-order valence-electron chi connectivity index (χ4n) is 9.66. The van der Waals surface area contributed by atoms with E-state index in [0.29, 0.717) is 11.6 Å². The summed E-state index contributed by atoms with van der Waals surface area (Å²) in [4.78, 5) is 18.1. The van der Waals surface area contributed by atoms with Gasteiger partial charge in [-0.25, -0.2) is 0 Å². The van der Waals surface area contributed by atoms with Gasteiger partial charge in [0.1, 0.15) is 11.9 Å². The molecule has 3 aliphatic carbocycles. The summed E-state index contributed by atoms with van der Waals surface area (Å²) < 4.78 is 12.4. The van der Waals surface area contributed by atoms with Crippen LogP contribution in [0.4, 0.5) is 0 Å². The molecule has 2 spiro atoms. The molecule has 2 saturated heterocycles. The first-order valence-corrected chi connectivity index (χ1v) is 13.5. The number of hydrogen-bond donors (Lipinski definition) is 1. The highest BCUT2D eigenvalue weighted by Crippen LogP contribution is 2.84. The van der Waals surface area contributed by atoms with E-state index in [0.717, 1.165) is 45.4 Å². The molecule has 2 aliphatic heterocycles. The van der Waals surface area contributed by atoms with Crippen LogP contribution in [0.3, 0.4) is 0 Å². The lowest BCUT2D eigenvalue weighted by molar-refractivity contribution is -0.337. The monoisotopic (exact) mass is 498 g/mol. The van der Waals surface area contributed by atoms with Crippen molar-refractivity contribution in [3.8, 4) is 18.1 Å². The number of methoxy groups -OCH3 is 1. The van der Waals surface area contributed by atoms with Crippen LogP contribution in [-0.4, -0.2) is 78.5 Å². The van der Waals surface area contributed by atoms with Crippen molar-refractivity contribution in [1.29, 1.82) is 0 Å². The fraction of sp³-hybridized carbons (Fsp3) is 0.516. The Bertz CT molecular complexity index is 1310. The van der Waals surface area contributed by atoms with E-state index in [4.69, 9.17) is 15.9 Å². The summed E-state index contributed by atoms with van der Waals surface area (Å²) in [6.45, 7) is 2.70. The van der Waals surface area contributed by atoms with E-state index in [1.165, 1.54) is 11.1 Å². The highest BCUT2D eigenvalue weighted by atomic mass is 16.5. The third kappa shape index (κ3) is 2.56. The molecule has 6 nitrogen and oxygen atoms in total. The maximum Gasteiger partial charge on any atom is 0.253 e. The first kappa shape index (κ1) is 23.3. The Morgan fingerprint density at radius 2 is 2.11 bits per heavy atom. The molecule has 5 aliphatic rings. The summed E-state index contributed by atoms with van der Waals surface area (Å²) in [5.41, 5.74) is 2.50. The van der Waals surface area contributed by atoms with Crippen molar-refractivity contribution in [1.82, 2.24) is 9.80 Å². The van der Waals surface area contributed by atoms with E-state index in [1.54, 1.807) is 13.2 Å². The fourth-order valence-corrected chi connectivity index (χ4v) is 9.66. The molecule has 2 aromatic rings. The molecule has 7 rings (SSSR count). The van der Waals surface area contributed by atoms with Crippen LogP contribution in [-0.2, 0) is 21.3 Å².